The summed E-state index contributed by atoms with van der Waals surface area (Å²) in [6.07, 6.45) is 0.975. The second kappa shape index (κ2) is 5.42. The zero-order chi connectivity index (χ0) is 12.3. The molecule has 0 amide bonds. The van der Waals surface area contributed by atoms with E-state index in [4.69, 9.17) is 10.5 Å². The lowest BCUT2D eigenvalue weighted by atomic mass is 10.2. The van der Waals surface area contributed by atoms with E-state index in [1.807, 2.05) is 13.0 Å². The quantitative estimate of drug-likeness (QED) is 0.828. The summed E-state index contributed by atoms with van der Waals surface area (Å²) < 4.78 is 5.56. The molecule has 1 unspecified atom stereocenters. The molecule has 2 rings (SSSR count). The van der Waals surface area contributed by atoms with E-state index in [0.29, 0.717) is 13.2 Å². The number of hydrogen-bond donors (Lipinski definition) is 1. The number of aromatic nitrogens is 2. The molecule has 0 radical (unpaired) electrons. The summed E-state index contributed by atoms with van der Waals surface area (Å²) in [5.41, 5.74) is 6.66. The van der Waals surface area contributed by atoms with Gasteiger partial charge in [0.25, 0.3) is 0 Å². The SMILES string of the molecule is CCc1nc(C)cc(N2CCOC(CN)C2)n1. The van der Waals surface area contributed by atoms with Gasteiger partial charge >= 0.3 is 0 Å². The van der Waals surface area contributed by atoms with Gasteiger partial charge in [0.15, 0.2) is 0 Å². The first-order valence-electron chi connectivity index (χ1n) is 6.14. The number of nitrogens with zero attached hydrogens (tertiary/aromatic N) is 3. The first-order valence-corrected chi connectivity index (χ1v) is 6.14. The molecule has 2 N–H and O–H groups in total. The highest BCUT2D eigenvalue weighted by Gasteiger charge is 2.20. The van der Waals surface area contributed by atoms with Crippen molar-refractivity contribution in [3.63, 3.8) is 0 Å². The van der Waals surface area contributed by atoms with Gasteiger partial charge in [0.05, 0.1) is 12.7 Å². The maximum absolute atomic E-state index is 5.65. The van der Waals surface area contributed by atoms with Crippen LogP contribution in [0, 0.1) is 6.92 Å². The van der Waals surface area contributed by atoms with E-state index in [1.54, 1.807) is 0 Å². The largest absolute Gasteiger partial charge is 0.373 e. The van der Waals surface area contributed by atoms with Crippen molar-refractivity contribution in [3.05, 3.63) is 17.6 Å². The molecule has 0 aromatic carbocycles. The van der Waals surface area contributed by atoms with Gasteiger partial charge in [-0.2, -0.15) is 0 Å². The van der Waals surface area contributed by atoms with Crippen molar-refractivity contribution in [2.24, 2.45) is 5.73 Å². The van der Waals surface area contributed by atoms with Gasteiger partial charge < -0.3 is 15.4 Å². The summed E-state index contributed by atoms with van der Waals surface area (Å²) in [5, 5.41) is 0. The van der Waals surface area contributed by atoms with Crippen LogP contribution in [0.2, 0.25) is 0 Å². The number of anilines is 1. The van der Waals surface area contributed by atoms with Crippen molar-refractivity contribution in [3.8, 4) is 0 Å². The number of ether oxygens (including phenoxy) is 1. The smallest absolute Gasteiger partial charge is 0.132 e. The van der Waals surface area contributed by atoms with Crippen LogP contribution in [0.1, 0.15) is 18.4 Å². The third-order valence-electron chi connectivity index (χ3n) is 2.93. The van der Waals surface area contributed by atoms with Gasteiger partial charge in [-0.25, -0.2) is 9.97 Å². The van der Waals surface area contributed by atoms with Gasteiger partial charge in [-0.15, -0.1) is 0 Å². The summed E-state index contributed by atoms with van der Waals surface area (Å²) in [5.74, 6) is 1.90. The first-order chi connectivity index (χ1) is 8.22. The number of morpholine rings is 1. The lowest BCUT2D eigenvalue weighted by Crippen LogP contribution is -2.46. The molecule has 0 aliphatic carbocycles. The van der Waals surface area contributed by atoms with Gasteiger partial charge in [0.2, 0.25) is 0 Å². The highest BCUT2D eigenvalue weighted by Crippen LogP contribution is 2.16. The zero-order valence-electron chi connectivity index (χ0n) is 10.5. The molecule has 0 saturated carbocycles. The Morgan fingerprint density at radius 2 is 2.35 bits per heavy atom. The van der Waals surface area contributed by atoms with Crippen LogP contribution in [0.4, 0.5) is 5.82 Å². The summed E-state index contributed by atoms with van der Waals surface area (Å²) in [4.78, 5) is 11.2. The van der Waals surface area contributed by atoms with E-state index in [1.165, 1.54) is 0 Å². The second-order valence-electron chi connectivity index (χ2n) is 4.31. The van der Waals surface area contributed by atoms with Crippen LogP contribution in [-0.4, -0.2) is 42.3 Å². The molecule has 0 spiro atoms. The molecule has 1 aromatic rings. The minimum atomic E-state index is 0.115. The van der Waals surface area contributed by atoms with E-state index in [-0.39, 0.29) is 6.10 Å². The molecule has 17 heavy (non-hydrogen) atoms. The molecule has 5 heteroatoms. The standard InChI is InChI=1S/C12H20N4O/c1-3-11-14-9(2)6-12(15-11)16-4-5-17-10(7-13)8-16/h6,10H,3-5,7-8,13H2,1-2H3. The maximum atomic E-state index is 5.65. The van der Waals surface area contributed by atoms with E-state index in [9.17, 15) is 0 Å². The van der Waals surface area contributed by atoms with Crippen molar-refractivity contribution in [1.82, 2.24) is 9.97 Å². The minimum Gasteiger partial charge on any atom is -0.373 e. The molecule has 1 aliphatic heterocycles. The summed E-state index contributed by atoms with van der Waals surface area (Å²) >= 11 is 0. The van der Waals surface area contributed by atoms with Crippen LogP contribution in [0.3, 0.4) is 0 Å². The van der Waals surface area contributed by atoms with Gasteiger partial charge in [-0.05, 0) is 6.92 Å². The summed E-state index contributed by atoms with van der Waals surface area (Å²) in [6.45, 7) is 7.03. The second-order valence-corrected chi connectivity index (χ2v) is 4.31. The predicted octanol–water partition coefficient (Wildman–Crippen LogP) is 0.511. The Balaban J connectivity index is 2.18. The minimum absolute atomic E-state index is 0.115. The molecule has 2 heterocycles. The van der Waals surface area contributed by atoms with Crippen LogP contribution in [0.15, 0.2) is 6.07 Å². The maximum Gasteiger partial charge on any atom is 0.132 e. The number of nitrogens with two attached hydrogens (primary N) is 1. The fourth-order valence-electron chi connectivity index (χ4n) is 2.00. The average molecular weight is 236 g/mol. The molecular weight excluding hydrogens is 216 g/mol. The van der Waals surface area contributed by atoms with Crippen molar-refractivity contribution >= 4 is 5.82 Å². The summed E-state index contributed by atoms with van der Waals surface area (Å²) in [6, 6.07) is 2.03. The average Bonchev–Trinajstić information content (AvgIpc) is 2.38. The molecule has 1 aliphatic rings. The third kappa shape index (κ3) is 2.92. The van der Waals surface area contributed by atoms with E-state index in [2.05, 4.69) is 21.8 Å². The molecule has 0 bridgehead atoms. The molecule has 1 aromatic heterocycles. The fraction of sp³-hybridized carbons (Fsp3) is 0.667. The van der Waals surface area contributed by atoms with E-state index < -0.39 is 0 Å². The van der Waals surface area contributed by atoms with Crippen LogP contribution in [0.5, 0.6) is 0 Å². The predicted molar refractivity (Wildman–Crippen MR) is 67.2 cm³/mol. The Kier molecular flexibility index (Phi) is 3.91. The van der Waals surface area contributed by atoms with Gasteiger partial charge in [-0.3, -0.25) is 0 Å². The van der Waals surface area contributed by atoms with Crippen LogP contribution >= 0.6 is 0 Å². The Labute approximate surface area is 102 Å². The summed E-state index contributed by atoms with van der Waals surface area (Å²) in [7, 11) is 0. The Morgan fingerprint density at radius 3 is 3.06 bits per heavy atom. The topological polar surface area (TPSA) is 64.3 Å². The van der Waals surface area contributed by atoms with Crippen LogP contribution in [-0.2, 0) is 11.2 Å². The Hall–Kier alpha value is -1.20. The van der Waals surface area contributed by atoms with Crippen molar-refractivity contribution in [2.75, 3.05) is 31.1 Å². The molecule has 94 valence electrons. The normalized spacial score (nSPS) is 20.6. The lowest BCUT2D eigenvalue weighted by Gasteiger charge is -2.33. The Bertz CT molecular complexity index is 383. The Morgan fingerprint density at radius 1 is 1.53 bits per heavy atom. The molecular formula is C12H20N4O. The van der Waals surface area contributed by atoms with Crippen molar-refractivity contribution in [2.45, 2.75) is 26.4 Å². The molecule has 5 nitrogen and oxygen atoms in total. The van der Waals surface area contributed by atoms with Crippen molar-refractivity contribution in [1.29, 1.82) is 0 Å². The van der Waals surface area contributed by atoms with Crippen LogP contribution < -0.4 is 10.6 Å². The van der Waals surface area contributed by atoms with Gasteiger partial charge in [-0.1, -0.05) is 6.92 Å². The van der Waals surface area contributed by atoms with E-state index in [0.717, 1.165) is 36.8 Å². The number of aryl methyl sites for hydroxylation is 2. The third-order valence-corrected chi connectivity index (χ3v) is 2.93. The molecule has 1 fully saturated rings. The fourth-order valence-corrected chi connectivity index (χ4v) is 2.00. The highest BCUT2D eigenvalue weighted by atomic mass is 16.5. The van der Waals surface area contributed by atoms with Crippen LogP contribution in [0.25, 0.3) is 0 Å². The highest BCUT2D eigenvalue weighted by molar-refractivity contribution is 5.40. The van der Waals surface area contributed by atoms with Gasteiger partial charge in [0, 0.05) is 37.8 Å². The monoisotopic (exact) mass is 236 g/mol. The van der Waals surface area contributed by atoms with Crippen molar-refractivity contribution < 1.29 is 4.74 Å². The van der Waals surface area contributed by atoms with E-state index >= 15 is 0 Å². The molecule has 1 saturated heterocycles. The number of rotatable bonds is 3. The lowest BCUT2D eigenvalue weighted by molar-refractivity contribution is 0.0463. The van der Waals surface area contributed by atoms with Gasteiger partial charge in [0.1, 0.15) is 11.6 Å². The number of hydrogen-bond acceptors (Lipinski definition) is 5. The first kappa shape index (κ1) is 12.3. The molecule has 1 atom stereocenters. The zero-order valence-corrected chi connectivity index (χ0v) is 10.5.